The van der Waals surface area contributed by atoms with Crippen molar-refractivity contribution in [3.63, 3.8) is 0 Å². The topological polar surface area (TPSA) is 79.4 Å². The summed E-state index contributed by atoms with van der Waals surface area (Å²) in [6, 6.07) is 11.5. The van der Waals surface area contributed by atoms with Crippen molar-refractivity contribution in [2.75, 3.05) is 19.3 Å². The van der Waals surface area contributed by atoms with E-state index < -0.39 is 21.7 Å². The van der Waals surface area contributed by atoms with Crippen LogP contribution in [0.3, 0.4) is 0 Å². The predicted octanol–water partition coefficient (Wildman–Crippen LogP) is 1.34. The first-order chi connectivity index (χ1) is 11.9. The summed E-state index contributed by atoms with van der Waals surface area (Å²) >= 11 is 0. The Kier molecular flexibility index (Phi) is 6.60. The van der Waals surface area contributed by atoms with Crippen molar-refractivity contribution in [2.45, 2.75) is 13.0 Å². The number of amides is 1. The van der Waals surface area contributed by atoms with Crippen molar-refractivity contribution in [1.82, 2.24) is 14.6 Å². The summed E-state index contributed by atoms with van der Waals surface area (Å²) in [4.78, 5) is 16.1. The van der Waals surface area contributed by atoms with Crippen molar-refractivity contribution >= 4 is 15.9 Å². The van der Waals surface area contributed by atoms with Gasteiger partial charge in [-0.3, -0.25) is 9.78 Å². The summed E-state index contributed by atoms with van der Waals surface area (Å²) in [6.07, 6.45) is 2.83. The molecule has 1 aromatic carbocycles. The number of sulfonamides is 1. The number of carbonyl (C=O) groups is 1. The van der Waals surface area contributed by atoms with Gasteiger partial charge in [0, 0.05) is 12.7 Å². The Morgan fingerprint density at radius 3 is 2.56 bits per heavy atom. The van der Waals surface area contributed by atoms with Gasteiger partial charge in [0.1, 0.15) is 5.82 Å². The molecular weight excluding hydrogens is 345 g/mol. The van der Waals surface area contributed by atoms with Crippen LogP contribution < -0.4 is 5.32 Å². The summed E-state index contributed by atoms with van der Waals surface area (Å²) < 4.78 is 38.5. The van der Waals surface area contributed by atoms with Gasteiger partial charge in [0.2, 0.25) is 15.9 Å². The lowest BCUT2D eigenvalue weighted by atomic mass is 10.1. The molecule has 25 heavy (non-hydrogen) atoms. The van der Waals surface area contributed by atoms with Gasteiger partial charge in [-0.15, -0.1) is 0 Å². The molecule has 0 fully saturated rings. The van der Waals surface area contributed by atoms with Gasteiger partial charge < -0.3 is 5.32 Å². The van der Waals surface area contributed by atoms with Gasteiger partial charge in [-0.05, 0) is 30.2 Å². The van der Waals surface area contributed by atoms with Crippen LogP contribution in [0.4, 0.5) is 4.39 Å². The Bertz CT molecular complexity index is 813. The third-order valence-electron chi connectivity index (χ3n) is 3.57. The fourth-order valence-corrected chi connectivity index (χ4v) is 2.99. The monoisotopic (exact) mass is 365 g/mol. The quantitative estimate of drug-likeness (QED) is 0.766. The van der Waals surface area contributed by atoms with Crippen LogP contribution >= 0.6 is 0 Å². The fraction of sp³-hybridized carbons (Fsp3) is 0.294. The van der Waals surface area contributed by atoms with E-state index in [1.54, 1.807) is 42.6 Å². The van der Waals surface area contributed by atoms with Gasteiger partial charge >= 0.3 is 0 Å². The SMILES string of the molecule is CS(=O)(=O)N(CCc1ccccc1F)CC(=O)NCc1ccccn1. The molecule has 1 amide bonds. The first kappa shape index (κ1) is 19.0. The van der Waals surface area contributed by atoms with Crippen LogP contribution in [-0.4, -0.2) is 43.0 Å². The lowest BCUT2D eigenvalue weighted by Gasteiger charge is -2.19. The number of rotatable bonds is 8. The van der Waals surface area contributed by atoms with Gasteiger partial charge in [-0.2, -0.15) is 4.31 Å². The maximum absolute atomic E-state index is 13.7. The highest BCUT2D eigenvalue weighted by Crippen LogP contribution is 2.09. The Balaban J connectivity index is 1.93. The molecule has 0 spiro atoms. The van der Waals surface area contributed by atoms with Crippen LogP contribution in [0.2, 0.25) is 0 Å². The first-order valence-corrected chi connectivity index (χ1v) is 9.56. The van der Waals surface area contributed by atoms with E-state index in [0.717, 1.165) is 10.6 Å². The molecule has 2 aromatic rings. The second-order valence-electron chi connectivity index (χ2n) is 5.54. The number of halogens is 1. The number of benzene rings is 1. The van der Waals surface area contributed by atoms with Gasteiger partial charge in [0.15, 0.2) is 0 Å². The van der Waals surface area contributed by atoms with Gasteiger partial charge in [0.25, 0.3) is 0 Å². The van der Waals surface area contributed by atoms with Crippen molar-refractivity contribution in [3.8, 4) is 0 Å². The molecule has 0 atom stereocenters. The lowest BCUT2D eigenvalue weighted by molar-refractivity contribution is -0.121. The number of hydrogen-bond donors (Lipinski definition) is 1. The molecule has 0 aliphatic rings. The Hall–Kier alpha value is -2.32. The molecule has 1 heterocycles. The molecule has 0 bridgehead atoms. The predicted molar refractivity (Wildman–Crippen MR) is 92.6 cm³/mol. The first-order valence-electron chi connectivity index (χ1n) is 7.71. The summed E-state index contributed by atoms with van der Waals surface area (Å²) in [6.45, 7) is -0.0819. The molecule has 1 N–H and O–H groups in total. The highest BCUT2D eigenvalue weighted by molar-refractivity contribution is 7.88. The Morgan fingerprint density at radius 2 is 1.92 bits per heavy atom. The van der Waals surface area contributed by atoms with E-state index in [0.29, 0.717) is 11.3 Å². The van der Waals surface area contributed by atoms with E-state index in [9.17, 15) is 17.6 Å². The molecule has 8 heteroatoms. The molecule has 0 aliphatic heterocycles. The number of nitrogens with one attached hydrogen (secondary N) is 1. The molecule has 0 saturated carbocycles. The van der Waals surface area contributed by atoms with Crippen LogP contribution in [0, 0.1) is 5.82 Å². The van der Waals surface area contributed by atoms with E-state index in [-0.39, 0.29) is 26.1 Å². The molecule has 6 nitrogen and oxygen atoms in total. The van der Waals surface area contributed by atoms with Gasteiger partial charge in [-0.25, -0.2) is 12.8 Å². The average molecular weight is 365 g/mol. The smallest absolute Gasteiger partial charge is 0.235 e. The van der Waals surface area contributed by atoms with E-state index >= 15 is 0 Å². The van der Waals surface area contributed by atoms with Crippen LogP contribution in [-0.2, 0) is 27.8 Å². The maximum Gasteiger partial charge on any atom is 0.235 e. The zero-order chi connectivity index (χ0) is 18.3. The van der Waals surface area contributed by atoms with Crippen molar-refractivity contribution in [2.24, 2.45) is 0 Å². The van der Waals surface area contributed by atoms with Crippen molar-refractivity contribution in [1.29, 1.82) is 0 Å². The van der Waals surface area contributed by atoms with Gasteiger partial charge in [0.05, 0.1) is 25.0 Å². The number of nitrogens with zero attached hydrogens (tertiary/aromatic N) is 2. The van der Waals surface area contributed by atoms with E-state index in [1.807, 2.05) is 0 Å². The zero-order valence-electron chi connectivity index (χ0n) is 13.9. The summed E-state index contributed by atoms with van der Waals surface area (Å²) in [5.74, 6) is -0.833. The molecular formula is C17H20FN3O3S. The van der Waals surface area contributed by atoms with E-state index in [4.69, 9.17) is 0 Å². The van der Waals surface area contributed by atoms with E-state index in [1.165, 1.54) is 6.07 Å². The minimum atomic E-state index is -3.59. The summed E-state index contributed by atoms with van der Waals surface area (Å²) in [5.41, 5.74) is 1.08. The Morgan fingerprint density at radius 1 is 1.20 bits per heavy atom. The molecule has 0 radical (unpaired) electrons. The number of pyridine rings is 1. The largest absolute Gasteiger partial charge is 0.349 e. The molecule has 2 rings (SSSR count). The van der Waals surface area contributed by atoms with Crippen LogP contribution in [0.25, 0.3) is 0 Å². The normalized spacial score (nSPS) is 11.5. The lowest BCUT2D eigenvalue weighted by Crippen LogP contribution is -2.41. The molecule has 1 aromatic heterocycles. The standard InChI is InChI=1S/C17H20FN3O3S/c1-25(23,24)21(11-9-14-6-2-3-8-16(14)18)13-17(22)20-12-15-7-4-5-10-19-15/h2-8,10H,9,11-13H2,1H3,(H,20,22). The van der Waals surface area contributed by atoms with Crippen LogP contribution in [0.1, 0.15) is 11.3 Å². The minimum absolute atomic E-state index is 0.0246. The molecule has 0 unspecified atom stereocenters. The summed E-state index contributed by atoms with van der Waals surface area (Å²) in [5, 5.41) is 2.63. The van der Waals surface area contributed by atoms with Crippen molar-refractivity contribution < 1.29 is 17.6 Å². The molecule has 0 aliphatic carbocycles. The maximum atomic E-state index is 13.7. The third-order valence-corrected chi connectivity index (χ3v) is 4.82. The second-order valence-corrected chi connectivity index (χ2v) is 7.52. The summed E-state index contributed by atoms with van der Waals surface area (Å²) in [7, 11) is -3.59. The molecule has 134 valence electrons. The number of hydrogen-bond acceptors (Lipinski definition) is 4. The fourth-order valence-electron chi connectivity index (χ4n) is 2.22. The van der Waals surface area contributed by atoms with Gasteiger partial charge in [-0.1, -0.05) is 24.3 Å². The number of carbonyl (C=O) groups excluding carboxylic acids is 1. The minimum Gasteiger partial charge on any atom is -0.349 e. The highest BCUT2D eigenvalue weighted by Gasteiger charge is 2.20. The zero-order valence-corrected chi connectivity index (χ0v) is 14.7. The van der Waals surface area contributed by atoms with Crippen molar-refractivity contribution in [3.05, 3.63) is 65.7 Å². The van der Waals surface area contributed by atoms with Crippen LogP contribution in [0.5, 0.6) is 0 Å². The second kappa shape index (κ2) is 8.68. The average Bonchev–Trinajstić information content (AvgIpc) is 2.58. The third kappa shape index (κ3) is 6.24. The van der Waals surface area contributed by atoms with E-state index in [2.05, 4.69) is 10.3 Å². The van der Waals surface area contributed by atoms with Crippen LogP contribution in [0.15, 0.2) is 48.7 Å². The highest BCUT2D eigenvalue weighted by atomic mass is 32.2. The number of aromatic nitrogens is 1. The molecule has 0 saturated heterocycles. The Labute approximate surface area is 146 Å².